The molecule has 0 bridgehead atoms. The molecule has 1 aromatic carbocycles. The predicted octanol–water partition coefficient (Wildman–Crippen LogP) is 2.76. The first kappa shape index (κ1) is 11.2. The Morgan fingerprint density at radius 2 is 2.31 bits per heavy atom. The minimum atomic E-state index is -0.444. The van der Waals surface area contributed by atoms with Gasteiger partial charge in [-0.15, -0.1) is 0 Å². The van der Waals surface area contributed by atoms with Crippen molar-refractivity contribution in [1.82, 2.24) is 8.75 Å². The highest BCUT2D eigenvalue weighted by atomic mass is 35.5. The quantitative estimate of drug-likeness (QED) is 0.793. The van der Waals surface area contributed by atoms with Gasteiger partial charge in [-0.2, -0.15) is 8.75 Å². The van der Waals surface area contributed by atoms with E-state index in [9.17, 15) is 9.18 Å². The third kappa shape index (κ3) is 2.43. The van der Waals surface area contributed by atoms with Crippen LogP contribution in [0.15, 0.2) is 24.4 Å². The smallest absolute Gasteiger partial charge is 0.188 e. The molecule has 0 saturated carbocycles. The summed E-state index contributed by atoms with van der Waals surface area (Å²) >= 11 is 6.67. The molecule has 2 aromatic rings. The van der Waals surface area contributed by atoms with Crippen molar-refractivity contribution in [3.8, 4) is 0 Å². The number of rotatable bonds is 3. The molecule has 0 aliphatic carbocycles. The van der Waals surface area contributed by atoms with Crippen molar-refractivity contribution >= 4 is 29.1 Å². The van der Waals surface area contributed by atoms with E-state index >= 15 is 0 Å². The van der Waals surface area contributed by atoms with Gasteiger partial charge in [0.05, 0.1) is 17.9 Å². The number of hydrogen-bond acceptors (Lipinski definition) is 4. The molecule has 0 fully saturated rings. The minimum absolute atomic E-state index is 0.0577. The van der Waals surface area contributed by atoms with Crippen molar-refractivity contribution in [2.24, 2.45) is 0 Å². The van der Waals surface area contributed by atoms with Crippen LogP contribution in [-0.4, -0.2) is 14.5 Å². The van der Waals surface area contributed by atoms with Crippen LogP contribution in [0.25, 0.3) is 0 Å². The lowest BCUT2D eigenvalue weighted by Crippen LogP contribution is -2.05. The molecule has 0 N–H and O–H groups in total. The zero-order chi connectivity index (χ0) is 11.5. The van der Waals surface area contributed by atoms with Crippen molar-refractivity contribution in [3.63, 3.8) is 0 Å². The summed E-state index contributed by atoms with van der Waals surface area (Å²) in [6, 6.07) is 4.12. The van der Waals surface area contributed by atoms with Gasteiger partial charge < -0.3 is 0 Å². The topological polar surface area (TPSA) is 42.9 Å². The number of Topliss-reactive ketones (excluding diaryl/α,β-unsaturated/α-hetero) is 1. The number of carbonyl (C=O) groups excluding carboxylic acids is 1. The largest absolute Gasteiger partial charge is 0.292 e. The number of ketones is 1. The molecule has 0 radical (unpaired) electrons. The predicted molar refractivity (Wildman–Crippen MR) is 59.4 cm³/mol. The van der Waals surface area contributed by atoms with Crippen LogP contribution in [0, 0.1) is 5.82 Å². The Bertz CT molecular complexity index is 516. The fourth-order valence-corrected chi connectivity index (χ4v) is 1.86. The average molecular weight is 257 g/mol. The molecule has 6 heteroatoms. The summed E-state index contributed by atoms with van der Waals surface area (Å²) in [6.07, 6.45) is 1.31. The molecule has 0 amide bonds. The van der Waals surface area contributed by atoms with Crippen LogP contribution in [0.3, 0.4) is 0 Å². The molecule has 3 nitrogen and oxygen atoms in total. The van der Waals surface area contributed by atoms with Gasteiger partial charge in [-0.3, -0.25) is 4.79 Å². The number of carbonyl (C=O) groups is 1. The molecule has 82 valence electrons. The molecular formula is C10H6ClFN2OS. The van der Waals surface area contributed by atoms with E-state index in [-0.39, 0.29) is 23.5 Å². The standard InChI is InChI=1S/C10H6ClFN2OS/c11-7-1-2-8(12)6(3-7)4-10(15)9-5-13-16-14-9/h1-3,5H,4H2. The highest BCUT2D eigenvalue weighted by Crippen LogP contribution is 2.16. The molecule has 0 saturated heterocycles. The van der Waals surface area contributed by atoms with Gasteiger partial charge in [0.15, 0.2) is 5.78 Å². The van der Waals surface area contributed by atoms with Crippen LogP contribution >= 0.6 is 23.3 Å². The molecule has 0 spiro atoms. The Kier molecular flexibility index (Phi) is 3.26. The van der Waals surface area contributed by atoms with Gasteiger partial charge in [-0.05, 0) is 23.8 Å². The second-order valence-electron chi connectivity index (χ2n) is 3.13. The summed E-state index contributed by atoms with van der Waals surface area (Å²) < 4.78 is 20.8. The maximum Gasteiger partial charge on any atom is 0.188 e. The van der Waals surface area contributed by atoms with Gasteiger partial charge in [0.25, 0.3) is 0 Å². The van der Waals surface area contributed by atoms with Crippen LogP contribution in [-0.2, 0) is 6.42 Å². The summed E-state index contributed by atoms with van der Waals surface area (Å²) in [5, 5.41) is 0.403. The molecule has 2 rings (SSSR count). The maximum absolute atomic E-state index is 13.3. The Hall–Kier alpha value is -1.33. The van der Waals surface area contributed by atoms with Crippen molar-refractivity contribution < 1.29 is 9.18 Å². The number of halogens is 2. The molecule has 0 unspecified atom stereocenters. The Balaban J connectivity index is 2.21. The highest BCUT2D eigenvalue weighted by Gasteiger charge is 2.13. The van der Waals surface area contributed by atoms with Crippen molar-refractivity contribution in [3.05, 3.63) is 46.5 Å². The Labute approximate surface area is 100 Å². The fraction of sp³-hybridized carbons (Fsp3) is 0.100. The molecule has 1 heterocycles. The van der Waals surface area contributed by atoms with E-state index in [0.717, 1.165) is 11.7 Å². The Morgan fingerprint density at radius 3 is 3.00 bits per heavy atom. The number of benzene rings is 1. The van der Waals surface area contributed by atoms with E-state index in [1.807, 2.05) is 0 Å². The molecule has 0 aliphatic heterocycles. The summed E-state index contributed by atoms with van der Waals surface area (Å²) in [5.74, 6) is -0.712. The van der Waals surface area contributed by atoms with Crippen LogP contribution in [0.4, 0.5) is 4.39 Å². The normalized spacial score (nSPS) is 10.4. The SMILES string of the molecule is O=C(Cc1cc(Cl)ccc1F)c1cnsn1. The maximum atomic E-state index is 13.3. The third-order valence-corrected chi connectivity index (χ3v) is 2.72. The molecule has 0 aliphatic rings. The van der Waals surface area contributed by atoms with E-state index in [2.05, 4.69) is 8.75 Å². The van der Waals surface area contributed by atoms with Gasteiger partial charge in [0.1, 0.15) is 11.5 Å². The first-order valence-corrected chi connectivity index (χ1v) is 5.52. The van der Waals surface area contributed by atoms with Gasteiger partial charge in [-0.1, -0.05) is 11.6 Å². The lowest BCUT2D eigenvalue weighted by atomic mass is 10.1. The van der Waals surface area contributed by atoms with E-state index in [0.29, 0.717) is 5.02 Å². The monoisotopic (exact) mass is 256 g/mol. The zero-order valence-corrected chi connectivity index (χ0v) is 9.56. The average Bonchev–Trinajstić information content (AvgIpc) is 2.76. The van der Waals surface area contributed by atoms with Gasteiger partial charge >= 0.3 is 0 Å². The van der Waals surface area contributed by atoms with Crippen LogP contribution < -0.4 is 0 Å². The summed E-state index contributed by atoms with van der Waals surface area (Å²) in [7, 11) is 0. The van der Waals surface area contributed by atoms with Crippen LogP contribution in [0.1, 0.15) is 16.1 Å². The van der Waals surface area contributed by atoms with E-state index in [1.165, 1.54) is 24.4 Å². The number of aromatic nitrogens is 2. The van der Waals surface area contributed by atoms with Crippen LogP contribution in [0.5, 0.6) is 0 Å². The van der Waals surface area contributed by atoms with E-state index in [4.69, 9.17) is 11.6 Å². The van der Waals surface area contributed by atoms with Crippen molar-refractivity contribution in [1.29, 1.82) is 0 Å². The fourth-order valence-electron chi connectivity index (χ4n) is 1.23. The van der Waals surface area contributed by atoms with Gasteiger partial charge in [0, 0.05) is 11.4 Å². The highest BCUT2D eigenvalue weighted by molar-refractivity contribution is 6.99. The van der Waals surface area contributed by atoms with Crippen molar-refractivity contribution in [2.45, 2.75) is 6.42 Å². The first-order chi connectivity index (χ1) is 7.66. The molecular weight excluding hydrogens is 251 g/mol. The molecule has 16 heavy (non-hydrogen) atoms. The number of nitrogens with zero attached hydrogens (tertiary/aromatic N) is 2. The van der Waals surface area contributed by atoms with Crippen molar-refractivity contribution in [2.75, 3.05) is 0 Å². The summed E-state index contributed by atoms with van der Waals surface area (Å²) in [4.78, 5) is 11.6. The van der Waals surface area contributed by atoms with E-state index in [1.54, 1.807) is 0 Å². The molecule has 0 atom stereocenters. The Morgan fingerprint density at radius 1 is 1.50 bits per heavy atom. The van der Waals surface area contributed by atoms with Gasteiger partial charge in [0.2, 0.25) is 0 Å². The lowest BCUT2D eigenvalue weighted by Gasteiger charge is -2.01. The summed E-state index contributed by atoms with van der Waals surface area (Å²) in [6.45, 7) is 0. The summed E-state index contributed by atoms with van der Waals surface area (Å²) in [5.41, 5.74) is 0.523. The van der Waals surface area contributed by atoms with Gasteiger partial charge in [-0.25, -0.2) is 4.39 Å². The van der Waals surface area contributed by atoms with E-state index < -0.39 is 5.82 Å². The lowest BCUT2D eigenvalue weighted by molar-refractivity contribution is 0.0988. The third-order valence-electron chi connectivity index (χ3n) is 2.01. The van der Waals surface area contributed by atoms with Crippen LogP contribution in [0.2, 0.25) is 5.02 Å². The zero-order valence-electron chi connectivity index (χ0n) is 7.98. The molecule has 1 aromatic heterocycles. The second kappa shape index (κ2) is 4.67. The number of hydrogen-bond donors (Lipinski definition) is 0. The second-order valence-corrected chi connectivity index (χ2v) is 4.12. The minimum Gasteiger partial charge on any atom is -0.292 e. The first-order valence-electron chi connectivity index (χ1n) is 4.41.